The Morgan fingerprint density at radius 3 is 2.50 bits per heavy atom. The number of benzene rings is 2. The Labute approximate surface area is 117 Å². The van der Waals surface area contributed by atoms with Gasteiger partial charge in [-0.25, -0.2) is 0 Å². The number of hydrogen-bond donors (Lipinski definition) is 1. The van der Waals surface area contributed by atoms with E-state index in [9.17, 15) is 5.21 Å². The van der Waals surface area contributed by atoms with Crippen LogP contribution in [0.5, 0.6) is 0 Å². The van der Waals surface area contributed by atoms with E-state index in [-0.39, 0.29) is 0 Å². The largest absolute Gasteiger partial charge is 0.454 e. The van der Waals surface area contributed by atoms with Gasteiger partial charge in [0.25, 0.3) is 0 Å². The predicted molar refractivity (Wildman–Crippen MR) is 79.6 cm³/mol. The summed E-state index contributed by atoms with van der Waals surface area (Å²) in [5.74, 6) is 0.610. The number of hydrogen-bond acceptors (Lipinski definition) is 3. The van der Waals surface area contributed by atoms with Crippen LogP contribution in [0.15, 0.2) is 58.1 Å². The molecule has 0 saturated heterocycles. The number of nitrogens with zero attached hydrogens (tertiary/aromatic N) is 1. The van der Waals surface area contributed by atoms with E-state index in [1.165, 1.54) is 5.56 Å². The highest BCUT2D eigenvalue weighted by Gasteiger charge is 2.18. The van der Waals surface area contributed by atoms with E-state index in [0.717, 1.165) is 22.1 Å². The van der Waals surface area contributed by atoms with Gasteiger partial charge in [-0.1, -0.05) is 47.1 Å². The average molecular weight is 265 g/mol. The van der Waals surface area contributed by atoms with Gasteiger partial charge >= 0.3 is 0 Å². The molecule has 3 heteroatoms. The maximum absolute atomic E-state index is 9.37. The number of aryl methyl sites for hydroxylation is 2. The van der Waals surface area contributed by atoms with Crippen molar-refractivity contribution in [1.29, 1.82) is 0 Å². The highest BCUT2D eigenvalue weighted by molar-refractivity contribution is 6.13. The molecule has 0 aliphatic rings. The standard InChI is InChI=1S/C17H15NO2/c1-11-8-9-15-14(10-11)12(2)17(20-15)16(18-19)13-6-4-3-5-7-13/h3-10,19H,1-2H3/b18-16+. The molecule has 1 heterocycles. The number of rotatable bonds is 2. The first-order valence-electron chi connectivity index (χ1n) is 6.48. The van der Waals surface area contributed by atoms with Gasteiger partial charge in [-0.2, -0.15) is 0 Å². The number of fused-ring (bicyclic) bond motifs is 1. The minimum Gasteiger partial charge on any atom is -0.454 e. The van der Waals surface area contributed by atoms with Gasteiger partial charge < -0.3 is 9.62 Å². The Hall–Kier alpha value is -2.55. The van der Waals surface area contributed by atoms with Crippen LogP contribution in [0.4, 0.5) is 0 Å². The van der Waals surface area contributed by atoms with Crippen LogP contribution in [-0.4, -0.2) is 10.9 Å². The zero-order chi connectivity index (χ0) is 14.1. The predicted octanol–water partition coefficient (Wildman–Crippen LogP) is 4.28. The summed E-state index contributed by atoms with van der Waals surface area (Å²) >= 11 is 0. The molecule has 1 aromatic heterocycles. The van der Waals surface area contributed by atoms with Gasteiger partial charge in [-0.3, -0.25) is 0 Å². The fraction of sp³-hybridized carbons (Fsp3) is 0.118. The van der Waals surface area contributed by atoms with Crippen molar-refractivity contribution in [1.82, 2.24) is 0 Å². The van der Waals surface area contributed by atoms with E-state index in [1.54, 1.807) is 0 Å². The molecule has 3 nitrogen and oxygen atoms in total. The maximum Gasteiger partial charge on any atom is 0.160 e. The third-order valence-electron chi connectivity index (χ3n) is 3.45. The molecule has 3 aromatic rings. The molecule has 0 bridgehead atoms. The van der Waals surface area contributed by atoms with Crippen LogP contribution >= 0.6 is 0 Å². The molecule has 0 amide bonds. The molecule has 3 rings (SSSR count). The van der Waals surface area contributed by atoms with Gasteiger partial charge in [0.15, 0.2) is 11.5 Å². The van der Waals surface area contributed by atoms with E-state index < -0.39 is 0 Å². The van der Waals surface area contributed by atoms with E-state index >= 15 is 0 Å². The highest BCUT2D eigenvalue weighted by atomic mass is 16.4. The van der Waals surface area contributed by atoms with Crippen LogP contribution in [-0.2, 0) is 0 Å². The average Bonchev–Trinajstić information content (AvgIpc) is 2.78. The van der Waals surface area contributed by atoms with Crippen LogP contribution in [0.2, 0.25) is 0 Å². The molecule has 0 saturated carbocycles. The SMILES string of the molecule is Cc1ccc2oc(/C(=N/O)c3ccccc3)c(C)c2c1. The van der Waals surface area contributed by atoms with Crippen molar-refractivity contribution in [3.63, 3.8) is 0 Å². The molecule has 0 fully saturated rings. The molecular formula is C17H15NO2. The first-order valence-corrected chi connectivity index (χ1v) is 6.48. The van der Waals surface area contributed by atoms with Crippen molar-refractivity contribution in [2.24, 2.45) is 5.16 Å². The second-order valence-corrected chi connectivity index (χ2v) is 4.87. The van der Waals surface area contributed by atoms with Crippen molar-refractivity contribution in [3.8, 4) is 0 Å². The Kier molecular flexibility index (Phi) is 3.03. The molecule has 20 heavy (non-hydrogen) atoms. The van der Waals surface area contributed by atoms with Crippen molar-refractivity contribution in [2.75, 3.05) is 0 Å². The third kappa shape index (κ3) is 1.97. The second kappa shape index (κ2) is 4.85. The molecule has 2 aromatic carbocycles. The zero-order valence-corrected chi connectivity index (χ0v) is 11.4. The monoisotopic (exact) mass is 265 g/mol. The second-order valence-electron chi connectivity index (χ2n) is 4.87. The summed E-state index contributed by atoms with van der Waals surface area (Å²) in [5.41, 5.74) is 4.25. The van der Waals surface area contributed by atoms with Crippen molar-refractivity contribution in [3.05, 3.63) is 71.0 Å². The summed E-state index contributed by atoms with van der Waals surface area (Å²) in [6.07, 6.45) is 0. The lowest BCUT2D eigenvalue weighted by Crippen LogP contribution is -2.03. The Balaban J connectivity index is 2.21. The van der Waals surface area contributed by atoms with Crippen molar-refractivity contribution >= 4 is 16.7 Å². The van der Waals surface area contributed by atoms with Crippen LogP contribution in [0, 0.1) is 13.8 Å². The molecule has 0 atom stereocenters. The Bertz CT molecular complexity index is 785. The van der Waals surface area contributed by atoms with E-state index in [1.807, 2.05) is 56.3 Å². The molecule has 1 N–H and O–H groups in total. The smallest absolute Gasteiger partial charge is 0.160 e. The zero-order valence-electron chi connectivity index (χ0n) is 11.4. The normalized spacial score (nSPS) is 12.0. The van der Waals surface area contributed by atoms with E-state index in [2.05, 4.69) is 11.2 Å². The molecular weight excluding hydrogens is 250 g/mol. The van der Waals surface area contributed by atoms with Crippen LogP contribution in [0.1, 0.15) is 22.5 Å². The van der Waals surface area contributed by atoms with Crippen molar-refractivity contribution < 1.29 is 9.62 Å². The third-order valence-corrected chi connectivity index (χ3v) is 3.45. The maximum atomic E-state index is 9.37. The summed E-state index contributed by atoms with van der Waals surface area (Å²) in [6, 6.07) is 15.6. The fourth-order valence-electron chi connectivity index (χ4n) is 2.39. The van der Waals surface area contributed by atoms with Crippen LogP contribution < -0.4 is 0 Å². The summed E-state index contributed by atoms with van der Waals surface area (Å²) in [6.45, 7) is 4.03. The summed E-state index contributed by atoms with van der Waals surface area (Å²) in [7, 11) is 0. The van der Waals surface area contributed by atoms with Gasteiger partial charge in [-0.15, -0.1) is 0 Å². The molecule has 0 aliphatic carbocycles. The van der Waals surface area contributed by atoms with Gasteiger partial charge in [0.2, 0.25) is 0 Å². The quantitative estimate of drug-likeness (QED) is 0.427. The molecule has 100 valence electrons. The van der Waals surface area contributed by atoms with Gasteiger partial charge in [-0.05, 0) is 26.0 Å². The van der Waals surface area contributed by atoms with Crippen molar-refractivity contribution in [2.45, 2.75) is 13.8 Å². The fourth-order valence-corrected chi connectivity index (χ4v) is 2.39. The van der Waals surface area contributed by atoms with Crippen LogP contribution in [0.3, 0.4) is 0 Å². The molecule has 0 spiro atoms. The topological polar surface area (TPSA) is 45.7 Å². The lowest BCUT2D eigenvalue weighted by molar-refractivity contribution is 0.318. The summed E-state index contributed by atoms with van der Waals surface area (Å²) in [5, 5.41) is 13.8. The summed E-state index contributed by atoms with van der Waals surface area (Å²) in [4.78, 5) is 0. The lowest BCUT2D eigenvalue weighted by atomic mass is 10.0. The lowest BCUT2D eigenvalue weighted by Gasteiger charge is -2.02. The molecule has 0 unspecified atom stereocenters. The first kappa shape index (κ1) is 12.5. The van der Waals surface area contributed by atoms with E-state index in [0.29, 0.717) is 11.5 Å². The minimum atomic E-state index is 0.456. The first-order chi connectivity index (χ1) is 9.70. The van der Waals surface area contributed by atoms with Gasteiger partial charge in [0, 0.05) is 16.5 Å². The van der Waals surface area contributed by atoms with Gasteiger partial charge in [0.1, 0.15) is 5.58 Å². The Morgan fingerprint density at radius 1 is 1.05 bits per heavy atom. The molecule has 0 aliphatic heterocycles. The van der Waals surface area contributed by atoms with E-state index in [4.69, 9.17) is 4.42 Å². The minimum absolute atomic E-state index is 0.456. The number of furan rings is 1. The Morgan fingerprint density at radius 2 is 1.80 bits per heavy atom. The molecule has 0 radical (unpaired) electrons. The highest BCUT2D eigenvalue weighted by Crippen LogP contribution is 2.28. The van der Waals surface area contributed by atoms with Gasteiger partial charge in [0.05, 0.1) is 0 Å². The van der Waals surface area contributed by atoms with Crippen LogP contribution in [0.25, 0.3) is 11.0 Å². The summed E-state index contributed by atoms with van der Waals surface area (Å²) < 4.78 is 5.87. The number of oxime groups is 1.